The van der Waals surface area contributed by atoms with Gasteiger partial charge in [-0.2, -0.15) is 0 Å². The molecule has 1 atom stereocenters. The molecule has 1 amide bonds. The average Bonchev–Trinajstić information content (AvgIpc) is 2.67. The molecule has 0 aromatic heterocycles. The highest BCUT2D eigenvalue weighted by Crippen LogP contribution is 2.26. The van der Waals surface area contributed by atoms with E-state index < -0.39 is 15.9 Å². The van der Waals surface area contributed by atoms with Crippen molar-refractivity contribution in [3.8, 4) is 5.75 Å². The molecule has 0 unspecified atom stereocenters. The second-order valence-electron chi connectivity index (χ2n) is 7.73. The quantitative estimate of drug-likeness (QED) is 0.614. The standard InChI is InChI=1S/C22H29ClN2O4S/c1-15(2)12-21(17-7-10-19(29-4)11-8-17)24-22(26)14-25(30(5,27)28)18-9-6-16(3)20(23)13-18/h6-11,13,15,21H,12,14H2,1-5H3,(H,24,26)/t21-/m0/s1. The van der Waals surface area contributed by atoms with E-state index in [2.05, 4.69) is 19.2 Å². The molecule has 2 aromatic carbocycles. The molecule has 164 valence electrons. The maximum Gasteiger partial charge on any atom is 0.241 e. The Labute approximate surface area is 184 Å². The molecule has 0 aliphatic rings. The van der Waals surface area contributed by atoms with E-state index in [1.54, 1.807) is 25.3 Å². The maximum absolute atomic E-state index is 12.8. The van der Waals surface area contributed by atoms with Gasteiger partial charge >= 0.3 is 0 Å². The van der Waals surface area contributed by atoms with Crippen molar-refractivity contribution < 1.29 is 17.9 Å². The number of carbonyl (C=O) groups is 1. The first-order valence-electron chi connectivity index (χ1n) is 9.68. The Morgan fingerprint density at radius 1 is 1.17 bits per heavy atom. The minimum absolute atomic E-state index is 0.244. The lowest BCUT2D eigenvalue weighted by Gasteiger charge is -2.25. The molecule has 2 aromatic rings. The van der Waals surface area contributed by atoms with Crippen LogP contribution >= 0.6 is 11.6 Å². The van der Waals surface area contributed by atoms with Crippen LogP contribution in [0.1, 0.15) is 37.4 Å². The summed E-state index contributed by atoms with van der Waals surface area (Å²) >= 11 is 6.16. The van der Waals surface area contributed by atoms with E-state index in [9.17, 15) is 13.2 Å². The molecule has 30 heavy (non-hydrogen) atoms. The number of ether oxygens (including phenoxy) is 1. The number of rotatable bonds is 9. The van der Waals surface area contributed by atoms with Crippen LogP contribution in [0.5, 0.6) is 5.75 Å². The SMILES string of the molecule is COc1ccc([C@H](CC(C)C)NC(=O)CN(c2ccc(C)c(Cl)c2)S(C)(=O)=O)cc1. The number of anilines is 1. The highest BCUT2D eigenvalue weighted by molar-refractivity contribution is 7.92. The zero-order chi connectivity index (χ0) is 22.5. The van der Waals surface area contributed by atoms with Crippen LogP contribution in [0.4, 0.5) is 5.69 Å². The Morgan fingerprint density at radius 2 is 1.80 bits per heavy atom. The second-order valence-corrected chi connectivity index (χ2v) is 10.0. The number of nitrogens with one attached hydrogen (secondary N) is 1. The van der Waals surface area contributed by atoms with E-state index in [0.29, 0.717) is 23.0 Å². The number of nitrogens with zero attached hydrogens (tertiary/aromatic N) is 1. The van der Waals surface area contributed by atoms with Gasteiger partial charge in [0.05, 0.1) is 25.1 Å². The zero-order valence-electron chi connectivity index (χ0n) is 18.0. The largest absolute Gasteiger partial charge is 0.497 e. The summed E-state index contributed by atoms with van der Waals surface area (Å²) in [6, 6.07) is 12.2. The second kappa shape index (κ2) is 10.2. The number of hydrogen-bond donors (Lipinski definition) is 1. The Morgan fingerprint density at radius 3 is 2.30 bits per heavy atom. The fourth-order valence-corrected chi connectivity index (χ4v) is 4.12. The highest BCUT2D eigenvalue weighted by atomic mass is 35.5. The first-order chi connectivity index (χ1) is 14.0. The van der Waals surface area contributed by atoms with Gasteiger partial charge in [0.2, 0.25) is 15.9 Å². The molecule has 0 spiro atoms. The third kappa shape index (κ3) is 6.64. The third-order valence-electron chi connectivity index (χ3n) is 4.69. The van der Waals surface area contributed by atoms with Crippen LogP contribution < -0.4 is 14.4 Å². The number of aryl methyl sites for hydroxylation is 1. The molecule has 0 fully saturated rings. The maximum atomic E-state index is 12.8. The molecule has 8 heteroatoms. The highest BCUT2D eigenvalue weighted by Gasteiger charge is 2.24. The zero-order valence-corrected chi connectivity index (χ0v) is 19.5. The van der Waals surface area contributed by atoms with E-state index >= 15 is 0 Å². The summed E-state index contributed by atoms with van der Waals surface area (Å²) in [5.74, 6) is 0.672. The first-order valence-corrected chi connectivity index (χ1v) is 11.9. The van der Waals surface area contributed by atoms with Crippen molar-refractivity contribution in [2.75, 3.05) is 24.2 Å². The Bertz CT molecular complexity index is 975. The molecular weight excluding hydrogens is 424 g/mol. The molecule has 1 N–H and O–H groups in total. The van der Waals surface area contributed by atoms with Crippen molar-refractivity contribution in [3.63, 3.8) is 0 Å². The van der Waals surface area contributed by atoms with Crippen molar-refractivity contribution in [1.29, 1.82) is 0 Å². The van der Waals surface area contributed by atoms with Crippen LogP contribution in [0.3, 0.4) is 0 Å². The summed E-state index contributed by atoms with van der Waals surface area (Å²) < 4.78 is 31.0. The van der Waals surface area contributed by atoms with Crippen LogP contribution in [0, 0.1) is 12.8 Å². The fraction of sp³-hybridized carbons (Fsp3) is 0.409. The molecule has 0 saturated heterocycles. The number of methoxy groups -OCH3 is 1. The molecule has 2 rings (SSSR count). The van der Waals surface area contributed by atoms with Gasteiger partial charge in [-0.05, 0) is 54.7 Å². The van der Waals surface area contributed by atoms with Gasteiger partial charge in [0.15, 0.2) is 0 Å². The van der Waals surface area contributed by atoms with Crippen LogP contribution in [0.25, 0.3) is 0 Å². The van der Waals surface area contributed by atoms with Crippen molar-refractivity contribution >= 4 is 33.2 Å². The Kier molecular flexibility index (Phi) is 8.15. The van der Waals surface area contributed by atoms with E-state index in [1.807, 2.05) is 31.2 Å². The molecule has 6 nitrogen and oxygen atoms in total. The van der Waals surface area contributed by atoms with Gasteiger partial charge in [-0.15, -0.1) is 0 Å². The minimum atomic E-state index is -3.68. The van der Waals surface area contributed by atoms with Crippen molar-refractivity contribution in [1.82, 2.24) is 5.32 Å². The predicted octanol–water partition coefficient (Wildman–Crippen LogP) is 4.33. The number of hydrogen-bond acceptors (Lipinski definition) is 4. The Hall–Kier alpha value is -2.25. The smallest absolute Gasteiger partial charge is 0.241 e. The van der Waals surface area contributed by atoms with Gasteiger partial charge < -0.3 is 10.1 Å². The summed E-state index contributed by atoms with van der Waals surface area (Å²) in [4.78, 5) is 12.8. The number of carbonyl (C=O) groups excluding carboxylic acids is 1. The number of sulfonamides is 1. The molecular formula is C22H29ClN2O4S. The predicted molar refractivity (Wildman–Crippen MR) is 122 cm³/mol. The molecule has 0 bridgehead atoms. The summed E-state index contributed by atoms with van der Waals surface area (Å²) in [6.07, 6.45) is 1.79. The topological polar surface area (TPSA) is 75.7 Å². The van der Waals surface area contributed by atoms with Gasteiger partial charge in [-0.25, -0.2) is 8.42 Å². The van der Waals surface area contributed by atoms with E-state index in [-0.39, 0.29) is 12.6 Å². The average molecular weight is 453 g/mol. The van der Waals surface area contributed by atoms with Crippen LogP contribution in [0.2, 0.25) is 5.02 Å². The van der Waals surface area contributed by atoms with Crippen molar-refractivity contribution in [2.24, 2.45) is 5.92 Å². The van der Waals surface area contributed by atoms with E-state index in [0.717, 1.165) is 27.4 Å². The summed E-state index contributed by atoms with van der Waals surface area (Å²) in [7, 11) is -2.08. The van der Waals surface area contributed by atoms with Gasteiger partial charge in [0.25, 0.3) is 0 Å². The summed E-state index contributed by atoms with van der Waals surface area (Å²) in [6.45, 7) is 5.64. The third-order valence-corrected chi connectivity index (χ3v) is 6.24. The summed E-state index contributed by atoms with van der Waals surface area (Å²) in [5.41, 5.74) is 2.12. The number of amides is 1. The fourth-order valence-electron chi connectivity index (χ4n) is 3.09. The van der Waals surface area contributed by atoms with E-state index in [4.69, 9.17) is 16.3 Å². The van der Waals surface area contributed by atoms with Crippen molar-refractivity contribution in [2.45, 2.75) is 33.2 Å². The lowest BCUT2D eigenvalue weighted by molar-refractivity contribution is -0.120. The van der Waals surface area contributed by atoms with E-state index in [1.165, 1.54) is 0 Å². The van der Waals surface area contributed by atoms with Crippen molar-refractivity contribution in [3.05, 3.63) is 58.6 Å². The molecule has 0 heterocycles. The van der Waals surface area contributed by atoms with Crippen LogP contribution in [-0.2, 0) is 14.8 Å². The van der Waals surface area contributed by atoms with Crippen LogP contribution in [-0.4, -0.2) is 34.2 Å². The molecule has 0 saturated carbocycles. The molecule has 0 radical (unpaired) electrons. The lowest BCUT2D eigenvalue weighted by atomic mass is 9.97. The number of halogens is 1. The first kappa shape index (κ1) is 24.0. The molecule has 0 aliphatic heterocycles. The summed E-state index contributed by atoms with van der Waals surface area (Å²) in [5, 5.41) is 3.42. The van der Waals surface area contributed by atoms with Crippen LogP contribution in [0.15, 0.2) is 42.5 Å². The Balaban J connectivity index is 2.24. The lowest BCUT2D eigenvalue weighted by Crippen LogP contribution is -2.41. The minimum Gasteiger partial charge on any atom is -0.497 e. The normalized spacial score (nSPS) is 12.5. The van der Waals surface area contributed by atoms with Gasteiger partial charge in [0.1, 0.15) is 12.3 Å². The van der Waals surface area contributed by atoms with Gasteiger partial charge in [0, 0.05) is 5.02 Å². The number of benzene rings is 2. The van der Waals surface area contributed by atoms with Gasteiger partial charge in [-0.3, -0.25) is 9.10 Å². The van der Waals surface area contributed by atoms with Gasteiger partial charge in [-0.1, -0.05) is 43.6 Å². The monoisotopic (exact) mass is 452 g/mol. The molecule has 0 aliphatic carbocycles.